The molecule has 2 saturated heterocycles. The number of halogens is 1. The second kappa shape index (κ2) is 7.98. The molecule has 0 bridgehead atoms. The maximum atomic E-state index is 12.9. The van der Waals surface area contributed by atoms with E-state index in [-0.39, 0.29) is 18.3 Å². The molecule has 1 atom stereocenters. The standard InChI is InChI=1S/C18H26N2O.ClH/c1-14-5-7-15(8-6-14)17-4-2-3-13-20(17)18(21)16-9-11-19-12-10-16;/h5-8,16-17,19H,2-4,9-13H2,1H3;1H. The van der Waals surface area contributed by atoms with Crippen LogP contribution in [-0.2, 0) is 4.79 Å². The van der Waals surface area contributed by atoms with Crippen molar-refractivity contribution in [2.45, 2.75) is 45.1 Å². The van der Waals surface area contributed by atoms with Crippen LogP contribution in [-0.4, -0.2) is 30.4 Å². The first kappa shape index (κ1) is 17.3. The van der Waals surface area contributed by atoms with E-state index >= 15 is 0 Å². The van der Waals surface area contributed by atoms with Crippen LogP contribution >= 0.6 is 12.4 Å². The molecule has 22 heavy (non-hydrogen) atoms. The van der Waals surface area contributed by atoms with Crippen molar-refractivity contribution in [2.24, 2.45) is 5.92 Å². The van der Waals surface area contributed by atoms with Crippen molar-refractivity contribution in [3.8, 4) is 0 Å². The van der Waals surface area contributed by atoms with Crippen molar-refractivity contribution in [1.29, 1.82) is 0 Å². The Balaban J connectivity index is 0.00000176. The predicted octanol–water partition coefficient (Wildman–Crippen LogP) is 3.47. The van der Waals surface area contributed by atoms with Gasteiger partial charge in [0, 0.05) is 12.5 Å². The smallest absolute Gasteiger partial charge is 0.226 e. The quantitative estimate of drug-likeness (QED) is 0.904. The zero-order valence-electron chi connectivity index (χ0n) is 13.4. The highest BCUT2D eigenvalue weighted by molar-refractivity contribution is 5.85. The number of rotatable bonds is 2. The zero-order chi connectivity index (χ0) is 14.7. The minimum absolute atomic E-state index is 0. The Morgan fingerprint density at radius 1 is 1.09 bits per heavy atom. The van der Waals surface area contributed by atoms with Crippen LogP contribution in [0.5, 0.6) is 0 Å². The molecule has 1 amide bonds. The Labute approximate surface area is 139 Å². The molecule has 2 aliphatic rings. The van der Waals surface area contributed by atoms with Crippen molar-refractivity contribution in [1.82, 2.24) is 10.2 Å². The first-order valence-electron chi connectivity index (χ1n) is 8.33. The molecule has 0 aromatic heterocycles. The number of amides is 1. The van der Waals surface area contributed by atoms with Gasteiger partial charge in [-0.25, -0.2) is 0 Å². The molecule has 2 heterocycles. The van der Waals surface area contributed by atoms with Gasteiger partial charge in [-0.15, -0.1) is 12.4 Å². The molecule has 2 fully saturated rings. The highest BCUT2D eigenvalue weighted by Gasteiger charge is 2.32. The van der Waals surface area contributed by atoms with Gasteiger partial charge in [0.05, 0.1) is 6.04 Å². The van der Waals surface area contributed by atoms with Gasteiger partial charge >= 0.3 is 0 Å². The van der Waals surface area contributed by atoms with E-state index in [2.05, 4.69) is 41.4 Å². The van der Waals surface area contributed by atoms with Crippen LogP contribution in [0.2, 0.25) is 0 Å². The SMILES string of the molecule is Cc1ccc(C2CCCCN2C(=O)C2CCNCC2)cc1.Cl. The summed E-state index contributed by atoms with van der Waals surface area (Å²) in [6, 6.07) is 9.03. The first-order valence-corrected chi connectivity index (χ1v) is 8.33. The van der Waals surface area contributed by atoms with E-state index in [0.29, 0.717) is 11.9 Å². The molecule has 4 heteroatoms. The van der Waals surface area contributed by atoms with Gasteiger partial charge in [-0.2, -0.15) is 0 Å². The van der Waals surface area contributed by atoms with Crippen molar-refractivity contribution >= 4 is 18.3 Å². The fourth-order valence-electron chi connectivity index (χ4n) is 3.63. The summed E-state index contributed by atoms with van der Waals surface area (Å²) in [6.07, 6.45) is 5.49. The van der Waals surface area contributed by atoms with E-state index < -0.39 is 0 Å². The van der Waals surface area contributed by atoms with Gasteiger partial charge in [0.15, 0.2) is 0 Å². The molecule has 0 aliphatic carbocycles. The molecule has 0 saturated carbocycles. The Morgan fingerprint density at radius 3 is 2.45 bits per heavy atom. The predicted molar refractivity (Wildman–Crippen MR) is 92.3 cm³/mol. The molecule has 122 valence electrons. The lowest BCUT2D eigenvalue weighted by atomic mass is 9.90. The van der Waals surface area contributed by atoms with Crippen LogP contribution in [0.4, 0.5) is 0 Å². The average molecular weight is 323 g/mol. The average Bonchev–Trinajstić information content (AvgIpc) is 2.56. The number of likely N-dealkylation sites (tertiary alicyclic amines) is 1. The molecular weight excluding hydrogens is 296 g/mol. The Kier molecular flexibility index (Phi) is 6.27. The Hall–Kier alpha value is -1.06. The van der Waals surface area contributed by atoms with Crippen LogP contribution in [0.15, 0.2) is 24.3 Å². The molecule has 3 rings (SSSR count). The third-order valence-electron chi connectivity index (χ3n) is 4.94. The number of aryl methyl sites for hydroxylation is 1. The number of carbonyl (C=O) groups is 1. The fraction of sp³-hybridized carbons (Fsp3) is 0.611. The van der Waals surface area contributed by atoms with Gasteiger partial charge < -0.3 is 10.2 Å². The van der Waals surface area contributed by atoms with E-state index in [9.17, 15) is 4.79 Å². The molecule has 3 nitrogen and oxygen atoms in total. The summed E-state index contributed by atoms with van der Waals surface area (Å²) >= 11 is 0. The minimum Gasteiger partial charge on any atom is -0.335 e. The Morgan fingerprint density at radius 2 is 1.77 bits per heavy atom. The number of nitrogens with zero attached hydrogens (tertiary/aromatic N) is 1. The highest BCUT2D eigenvalue weighted by Crippen LogP contribution is 2.33. The summed E-state index contributed by atoms with van der Waals surface area (Å²) in [5, 5.41) is 3.35. The number of hydrogen-bond donors (Lipinski definition) is 1. The molecular formula is C18H27ClN2O. The second-order valence-electron chi connectivity index (χ2n) is 6.48. The highest BCUT2D eigenvalue weighted by atomic mass is 35.5. The summed E-state index contributed by atoms with van der Waals surface area (Å²) in [7, 11) is 0. The van der Waals surface area contributed by atoms with Crippen LogP contribution in [0.1, 0.15) is 49.3 Å². The summed E-state index contributed by atoms with van der Waals surface area (Å²) < 4.78 is 0. The molecule has 1 aromatic rings. The van der Waals surface area contributed by atoms with Crippen LogP contribution < -0.4 is 5.32 Å². The lowest BCUT2D eigenvalue weighted by Gasteiger charge is -2.39. The van der Waals surface area contributed by atoms with Gasteiger partial charge in [-0.1, -0.05) is 29.8 Å². The number of benzene rings is 1. The monoisotopic (exact) mass is 322 g/mol. The van der Waals surface area contributed by atoms with Crippen molar-refractivity contribution in [2.75, 3.05) is 19.6 Å². The third-order valence-corrected chi connectivity index (χ3v) is 4.94. The number of nitrogens with one attached hydrogen (secondary N) is 1. The Bertz CT molecular complexity index is 482. The number of piperidine rings is 2. The van der Waals surface area contributed by atoms with Crippen molar-refractivity contribution in [3.05, 3.63) is 35.4 Å². The molecule has 1 unspecified atom stereocenters. The molecule has 0 radical (unpaired) electrons. The van der Waals surface area contributed by atoms with E-state index in [4.69, 9.17) is 0 Å². The van der Waals surface area contributed by atoms with E-state index in [1.807, 2.05) is 0 Å². The molecule has 0 spiro atoms. The largest absolute Gasteiger partial charge is 0.335 e. The van der Waals surface area contributed by atoms with E-state index in [1.165, 1.54) is 17.5 Å². The fourth-order valence-corrected chi connectivity index (χ4v) is 3.63. The van der Waals surface area contributed by atoms with Crippen LogP contribution in [0.3, 0.4) is 0 Å². The number of carbonyl (C=O) groups excluding carboxylic acids is 1. The second-order valence-corrected chi connectivity index (χ2v) is 6.48. The number of hydrogen-bond acceptors (Lipinski definition) is 2. The van der Waals surface area contributed by atoms with Crippen molar-refractivity contribution in [3.63, 3.8) is 0 Å². The van der Waals surface area contributed by atoms with E-state index in [0.717, 1.165) is 45.3 Å². The minimum atomic E-state index is 0. The molecule has 1 aromatic carbocycles. The normalized spacial score (nSPS) is 23.0. The lowest BCUT2D eigenvalue weighted by molar-refractivity contribution is -0.140. The summed E-state index contributed by atoms with van der Waals surface area (Å²) in [5.41, 5.74) is 2.59. The zero-order valence-corrected chi connectivity index (χ0v) is 14.2. The third kappa shape index (κ3) is 3.82. The van der Waals surface area contributed by atoms with Gasteiger partial charge in [0.2, 0.25) is 5.91 Å². The lowest BCUT2D eigenvalue weighted by Crippen LogP contribution is -2.44. The van der Waals surface area contributed by atoms with Crippen LogP contribution in [0.25, 0.3) is 0 Å². The van der Waals surface area contributed by atoms with Gasteiger partial charge in [-0.3, -0.25) is 4.79 Å². The first-order chi connectivity index (χ1) is 10.3. The van der Waals surface area contributed by atoms with Gasteiger partial charge in [0.25, 0.3) is 0 Å². The molecule has 1 N–H and O–H groups in total. The van der Waals surface area contributed by atoms with E-state index in [1.54, 1.807) is 0 Å². The van der Waals surface area contributed by atoms with Crippen LogP contribution in [0, 0.1) is 12.8 Å². The topological polar surface area (TPSA) is 32.3 Å². The van der Waals surface area contributed by atoms with Gasteiger partial charge in [-0.05, 0) is 57.7 Å². The molecule has 2 aliphatic heterocycles. The van der Waals surface area contributed by atoms with Crippen molar-refractivity contribution < 1.29 is 4.79 Å². The summed E-state index contributed by atoms with van der Waals surface area (Å²) in [5.74, 6) is 0.624. The summed E-state index contributed by atoms with van der Waals surface area (Å²) in [4.78, 5) is 15.1. The maximum Gasteiger partial charge on any atom is 0.226 e. The summed E-state index contributed by atoms with van der Waals surface area (Å²) in [6.45, 7) is 5.02. The maximum absolute atomic E-state index is 12.9. The van der Waals surface area contributed by atoms with Gasteiger partial charge in [0.1, 0.15) is 0 Å².